The number of nitrogens with two attached hydrogens (primary N) is 3. The van der Waals surface area contributed by atoms with Crippen molar-refractivity contribution in [2.24, 2.45) is 0 Å². The van der Waals surface area contributed by atoms with Crippen molar-refractivity contribution in [3.63, 3.8) is 0 Å². The molecule has 0 aliphatic heterocycles. The minimum Gasteiger partial charge on any atom is -0.400 e. The Morgan fingerprint density at radius 1 is 0.557 bits per heavy atom. The standard InChI is InChI=1S/C18H22N4O2P.C18H23N4O2P.C16H18FN4O2P.2CH4O.Y/c1-11(13-6-4-12(5-7-13)8-9-25(2,3)24)14-10-20-16-15(14)21-18(19)22-17(16)23;1-11(13-7-5-4-6-12(13)8-9-25(2,3)24)14-10-20-16-15(14)21-18(19)22-17(16)23;1-24(2,23)8-11(9-5-3-4-6-12(9)17)10-7-19-14-13(10)20-16(18)21-15(14)22;2*1-2;/h4-6,10-11,20H,8-9H2,1-3H3,(H3,19,21,22,23);4-7,10-11,20H,8-9H2,1-3H3,(H3,19,21,22,23);3-7,11,19H,8H2,1-2H3,(H3,18,20,21,22);2*2H,1H3;/q-1;;;;;/t;;11-;;;/m..0.../s1. The van der Waals surface area contributed by atoms with E-state index in [4.69, 9.17) is 27.4 Å². The molecule has 0 fully saturated rings. The summed E-state index contributed by atoms with van der Waals surface area (Å²) in [6.45, 7) is 14.7. The van der Waals surface area contributed by atoms with E-state index in [1.165, 1.54) is 11.6 Å². The Bertz CT molecular complexity index is 3820. The number of aliphatic hydroxyl groups is 2. The van der Waals surface area contributed by atoms with Crippen LogP contribution in [0.15, 0.2) is 99.7 Å². The summed E-state index contributed by atoms with van der Waals surface area (Å²) >= 11 is 0. The Labute approximate surface area is 482 Å². The summed E-state index contributed by atoms with van der Waals surface area (Å²) in [5, 5.41) is 14.0. The molecule has 9 rings (SSSR count). The first-order chi connectivity index (χ1) is 36.8. The van der Waals surface area contributed by atoms with Gasteiger partial charge in [-0.3, -0.25) is 29.3 Å². The molecule has 0 amide bonds. The summed E-state index contributed by atoms with van der Waals surface area (Å²) in [4.78, 5) is 64.9. The fourth-order valence-electron chi connectivity index (χ4n) is 8.84. The van der Waals surface area contributed by atoms with Crippen molar-refractivity contribution in [3.8, 4) is 0 Å². The van der Waals surface area contributed by atoms with Gasteiger partial charge in [-0.25, -0.2) is 19.3 Å². The Hall–Kier alpha value is -6.04. The Morgan fingerprint density at radius 2 is 0.975 bits per heavy atom. The van der Waals surface area contributed by atoms with Gasteiger partial charge in [-0.15, -0.1) is 0 Å². The maximum Gasteiger partial charge on any atom is 0.276 e. The van der Waals surface area contributed by atoms with Crippen LogP contribution in [0.2, 0.25) is 0 Å². The molecule has 14 N–H and O–H groups in total. The second kappa shape index (κ2) is 28.4. The number of hydrogen-bond acceptors (Lipinski definition) is 14. The molecular weight excluding hydrogens is 1150 g/mol. The number of anilines is 3. The first-order valence-corrected chi connectivity index (χ1v) is 33.1. The normalized spacial score (nSPS) is 12.6. The van der Waals surface area contributed by atoms with E-state index in [2.05, 4.69) is 70.0 Å². The predicted molar refractivity (Wildman–Crippen MR) is 315 cm³/mol. The Kier molecular flexibility index (Phi) is 23.5. The number of rotatable bonds is 14. The fourth-order valence-corrected chi connectivity index (χ4v) is 11.7. The number of nitrogen functional groups attached to an aromatic ring is 3. The number of hydrogen-bond donors (Lipinski definition) is 11. The van der Waals surface area contributed by atoms with E-state index in [9.17, 15) is 32.5 Å². The van der Waals surface area contributed by atoms with Crippen molar-refractivity contribution in [1.82, 2.24) is 44.9 Å². The number of aromatic amines is 6. The summed E-state index contributed by atoms with van der Waals surface area (Å²) < 4.78 is 50.7. The number of aromatic nitrogens is 9. The maximum atomic E-state index is 14.4. The molecule has 20 nitrogen and oxygen atoms in total. The van der Waals surface area contributed by atoms with E-state index in [0.717, 1.165) is 54.9 Å². The predicted octanol–water partition coefficient (Wildman–Crippen LogP) is 8.04. The molecular formula is C54H71FN12O8P3Y-. The summed E-state index contributed by atoms with van der Waals surface area (Å²) in [5.74, 6) is -0.633. The Balaban J connectivity index is 0.000000246. The van der Waals surface area contributed by atoms with Crippen LogP contribution in [-0.4, -0.2) is 128 Å². The van der Waals surface area contributed by atoms with Gasteiger partial charge >= 0.3 is 0 Å². The molecule has 6 aromatic heterocycles. The molecule has 3 atom stereocenters. The molecule has 0 saturated heterocycles. The van der Waals surface area contributed by atoms with Gasteiger partial charge in [0.25, 0.3) is 16.7 Å². The van der Waals surface area contributed by atoms with Gasteiger partial charge in [0.15, 0.2) is 0 Å². The van der Waals surface area contributed by atoms with Crippen LogP contribution in [0.25, 0.3) is 33.1 Å². The molecule has 0 spiro atoms. The molecule has 6 heterocycles. The van der Waals surface area contributed by atoms with Crippen LogP contribution in [0.3, 0.4) is 0 Å². The van der Waals surface area contributed by atoms with Gasteiger partial charge < -0.3 is 56.1 Å². The molecule has 0 aliphatic rings. The van der Waals surface area contributed by atoms with Crippen molar-refractivity contribution in [2.75, 3.05) is 89.9 Å². The third-order valence-electron chi connectivity index (χ3n) is 12.7. The molecule has 0 aliphatic carbocycles. The van der Waals surface area contributed by atoms with Gasteiger partial charge in [0.05, 0.1) is 21.4 Å². The number of halogens is 1. The minimum absolute atomic E-state index is 0. The van der Waals surface area contributed by atoms with Gasteiger partial charge in [0, 0.05) is 106 Å². The second-order valence-electron chi connectivity index (χ2n) is 20.0. The van der Waals surface area contributed by atoms with Gasteiger partial charge in [-0.05, 0) is 81.2 Å². The molecule has 1 radical (unpaired) electrons. The van der Waals surface area contributed by atoms with E-state index >= 15 is 0 Å². The molecule has 9 aromatic rings. The van der Waals surface area contributed by atoms with Crippen molar-refractivity contribution in [2.45, 2.75) is 44.4 Å². The Morgan fingerprint density at radius 3 is 1.42 bits per heavy atom. The number of aliphatic hydroxyl groups excluding tert-OH is 2. The van der Waals surface area contributed by atoms with E-state index < -0.39 is 32.9 Å². The molecule has 0 saturated carbocycles. The van der Waals surface area contributed by atoms with Crippen LogP contribution in [0, 0.1) is 11.9 Å². The smallest absolute Gasteiger partial charge is 0.276 e. The van der Waals surface area contributed by atoms with Gasteiger partial charge in [0.2, 0.25) is 17.8 Å². The monoisotopic (exact) mass is 1220 g/mol. The van der Waals surface area contributed by atoms with Crippen LogP contribution < -0.4 is 33.9 Å². The number of H-pyrrole nitrogens is 6. The van der Waals surface area contributed by atoms with Gasteiger partial charge in [-0.2, -0.15) is 35.4 Å². The SMILES string of the molecule is CC(c1[c-]cc(CCP(C)(C)=O)cc1)c1c[nH]c2c(=O)[nH]c(N)nc12.CC(c1ccccc1CCP(C)(C)=O)c1c[nH]c2c(=O)[nH]c(N)nc12.CO.CO.CP(C)(=O)C[C@@H](c1ccccc1F)c1c[nH]c2c(=O)[nH]c(N)nc12.[Y]. The largest absolute Gasteiger partial charge is 0.400 e. The number of benzene rings is 3. The van der Waals surface area contributed by atoms with Gasteiger partial charge in [-0.1, -0.05) is 62.7 Å². The number of fused-ring (bicyclic) bond motifs is 3. The second-order valence-corrected chi connectivity index (χ2v) is 30.7. The van der Waals surface area contributed by atoms with E-state index in [1.807, 2.05) is 70.1 Å². The van der Waals surface area contributed by atoms with Crippen molar-refractivity contribution >= 4 is 72.4 Å². The zero-order valence-corrected chi connectivity index (χ0v) is 51.6. The zero-order valence-electron chi connectivity index (χ0n) is 46.1. The maximum absolute atomic E-state index is 14.4. The van der Waals surface area contributed by atoms with E-state index in [1.54, 1.807) is 43.9 Å². The van der Waals surface area contributed by atoms with Crippen molar-refractivity contribution in [1.29, 1.82) is 0 Å². The third kappa shape index (κ3) is 17.5. The molecule has 3 aromatic carbocycles. The first-order valence-electron chi connectivity index (χ1n) is 24.7. The van der Waals surface area contributed by atoms with Crippen LogP contribution in [0.5, 0.6) is 0 Å². The topological polar surface area (TPSA) is 354 Å². The molecule has 79 heavy (non-hydrogen) atoms. The molecule has 421 valence electrons. The van der Waals surface area contributed by atoms with Crippen molar-refractivity contribution in [3.05, 3.63) is 173 Å². The van der Waals surface area contributed by atoms with Crippen LogP contribution in [-0.2, 0) is 59.2 Å². The number of nitrogens with one attached hydrogen (secondary N) is 6. The average molecular weight is 1220 g/mol. The van der Waals surface area contributed by atoms with Crippen molar-refractivity contribution < 1.29 is 61.0 Å². The third-order valence-corrected chi connectivity index (χ3v) is 16.6. The quantitative estimate of drug-likeness (QED) is 0.0363. The fraction of sp³-hybridized carbons (Fsp3) is 0.333. The molecule has 25 heteroatoms. The van der Waals surface area contributed by atoms with Crippen LogP contribution in [0.4, 0.5) is 22.2 Å². The minimum atomic E-state index is -2.48. The summed E-state index contributed by atoms with van der Waals surface area (Å²) in [5.41, 5.74) is 26.1. The van der Waals surface area contributed by atoms with Crippen LogP contribution >= 0.6 is 21.4 Å². The average Bonchev–Trinajstić information content (AvgIpc) is 4.13. The summed E-state index contributed by atoms with van der Waals surface area (Å²) in [6, 6.07) is 23.8. The molecule has 2 unspecified atom stereocenters. The first kappa shape index (κ1) is 65.5. The van der Waals surface area contributed by atoms with E-state index in [0.29, 0.717) is 51.0 Å². The molecule has 0 bridgehead atoms. The zero-order chi connectivity index (χ0) is 57.9. The summed E-state index contributed by atoms with van der Waals surface area (Å²) in [6.07, 6.45) is 8.41. The summed E-state index contributed by atoms with van der Waals surface area (Å²) in [7, 11) is -4.56. The number of nitrogens with zero attached hydrogens (tertiary/aromatic N) is 3. The number of aryl methyl sites for hydroxylation is 2. The van der Waals surface area contributed by atoms with Crippen LogP contribution in [0.1, 0.15) is 76.1 Å². The van der Waals surface area contributed by atoms with Gasteiger partial charge in [0.1, 0.15) is 38.9 Å². The van der Waals surface area contributed by atoms with E-state index in [-0.39, 0.29) is 91.0 Å².